The van der Waals surface area contributed by atoms with E-state index in [4.69, 9.17) is 10.4 Å². The summed E-state index contributed by atoms with van der Waals surface area (Å²) in [5, 5.41) is 1.98. The van der Waals surface area contributed by atoms with Gasteiger partial charge in [0.15, 0.2) is 0 Å². The quantitative estimate of drug-likeness (QED) is 0.743. The maximum absolute atomic E-state index is 5.47. The molecular formula is C7H18O3Re. The van der Waals surface area contributed by atoms with Crippen LogP contribution in [0, 0.1) is 0 Å². The summed E-state index contributed by atoms with van der Waals surface area (Å²) in [6.07, 6.45) is 0. The van der Waals surface area contributed by atoms with Crippen molar-refractivity contribution in [3.05, 3.63) is 0 Å². The molecule has 0 aliphatic heterocycles. The van der Waals surface area contributed by atoms with Gasteiger partial charge < -0.3 is 0 Å². The molecule has 3 nitrogen and oxygen atoms in total. The van der Waals surface area contributed by atoms with Gasteiger partial charge in [-0.25, -0.2) is 0 Å². The fourth-order valence-electron chi connectivity index (χ4n) is 0.689. The first-order valence-corrected chi connectivity index (χ1v) is 9.87. The fraction of sp³-hybridized carbons (Fsp3) is 1.00. The molecule has 0 bridgehead atoms. The van der Waals surface area contributed by atoms with E-state index in [2.05, 4.69) is 0 Å². The molecule has 0 amide bonds. The summed E-state index contributed by atoms with van der Waals surface area (Å²) in [7, 11) is 0. The van der Waals surface area contributed by atoms with Crippen LogP contribution in [0.3, 0.4) is 0 Å². The molecule has 0 aromatic carbocycles. The van der Waals surface area contributed by atoms with Gasteiger partial charge in [-0.2, -0.15) is 0 Å². The predicted octanol–water partition coefficient (Wildman–Crippen LogP) is 2.04. The van der Waals surface area contributed by atoms with Crippen LogP contribution in [-0.2, 0) is 27.0 Å². The molecule has 0 aliphatic carbocycles. The van der Waals surface area contributed by atoms with Crippen molar-refractivity contribution < 1.29 is 27.0 Å². The van der Waals surface area contributed by atoms with Gasteiger partial charge >= 0.3 is 73.0 Å². The van der Waals surface area contributed by atoms with Crippen molar-refractivity contribution in [3.8, 4) is 0 Å². The van der Waals surface area contributed by atoms with Crippen LogP contribution < -0.4 is 0 Å². The molecule has 71 valence electrons. The average Bonchev–Trinajstić information content (AvgIpc) is 1.88. The van der Waals surface area contributed by atoms with Crippen LogP contribution in [0.1, 0.15) is 20.8 Å². The Morgan fingerprint density at radius 2 is 1.09 bits per heavy atom. The summed E-state index contributed by atoms with van der Waals surface area (Å²) < 4.78 is 16.4. The van der Waals surface area contributed by atoms with Crippen molar-refractivity contribution in [2.45, 2.75) is 26.2 Å². The van der Waals surface area contributed by atoms with Crippen molar-refractivity contribution in [1.29, 1.82) is 0 Å². The Morgan fingerprint density at radius 1 is 0.818 bits per heavy atom. The first-order valence-electron chi connectivity index (χ1n) is 3.83. The Morgan fingerprint density at radius 3 is 1.27 bits per heavy atom. The second-order valence-electron chi connectivity index (χ2n) is 1.85. The zero-order valence-corrected chi connectivity index (χ0v) is 10.4. The fourth-order valence-corrected chi connectivity index (χ4v) is 5.64. The third-order valence-corrected chi connectivity index (χ3v) is 7.55. The van der Waals surface area contributed by atoms with Crippen molar-refractivity contribution >= 4 is 0 Å². The van der Waals surface area contributed by atoms with Gasteiger partial charge in [0.25, 0.3) is 0 Å². The molecule has 4 heteroatoms. The van der Waals surface area contributed by atoms with E-state index in [-0.39, 0.29) is 0 Å². The summed E-state index contributed by atoms with van der Waals surface area (Å²) in [4.78, 5) is 0. The predicted molar refractivity (Wildman–Crippen MR) is 40.7 cm³/mol. The van der Waals surface area contributed by atoms with Crippen LogP contribution in [0.25, 0.3) is 0 Å². The molecule has 0 fully saturated rings. The van der Waals surface area contributed by atoms with Crippen LogP contribution in [0.5, 0.6) is 0 Å². The molecule has 0 aromatic rings. The minimum atomic E-state index is -2.88. The van der Waals surface area contributed by atoms with E-state index in [9.17, 15) is 0 Å². The molecule has 0 aromatic heterocycles. The first kappa shape index (κ1) is 11.5. The Kier molecular flexibility index (Phi) is 6.40. The molecule has 0 heterocycles. The van der Waals surface area contributed by atoms with E-state index in [1.165, 1.54) is 0 Å². The summed E-state index contributed by atoms with van der Waals surface area (Å²) >= 11 is -2.88. The van der Waals surface area contributed by atoms with Gasteiger partial charge in [-0.1, -0.05) is 0 Å². The van der Waals surface area contributed by atoms with Crippen LogP contribution in [0.2, 0.25) is 5.40 Å². The van der Waals surface area contributed by atoms with E-state index in [1.54, 1.807) is 0 Å². The first-order chi connectivity index (χ1) is 5.18. The topological polar surface area (TPSA) is 27.7 Å². The van der Waals surface area contributed by atoms with E-state index >= 15 is 0 Å². The molecule has 11 heavy (non-hydrogen) atoms. The van der Waals surface area contributed by atoms with Crippen LogP contribution >= 0.6 is 0 Å². The van der Waals surface area contributed by atoms with Gasteiger partial charge in [0, 0.05) is 0 Å². The Labute approximate surface area is 73.4 Å². The van der Waals surface area contributed by atoms with Crippen LogP contribution in [0.15, 0.2) is 0 Å². The van der Waals surface area contributed by atoms with Crippen LogP contribution in [-0.4, -0.2) is 19.8 Å². The molecule has 0 aliphatic rings. The summed E-state index contributed by atoms with van der Waals surface area (Å²) in [6, 6.07) is 0. The van der Waals surface area contributed by atoms with Crippen LogP contribution in [0.4, 0.5) is 0 Å². The van der Waals surface area contributed by atoms with Gasteiger partial charge in [-0.05, 0) is 0 Å². The molecule has 0 N–H and O–H groups in total. The van der Waals surface area contributed by atoms with Gasteiger partial charge in [-0.15, -0.1) is 0 Å². The van der Waals surface area contributed by atoms with Crippen molar-refractivity contribution in [2.75, 3.05) is 19.8 Å². The summed E-state index contributed by atoms with van der Waals surface area (Å²) in [5.41, 5.74) is 0. The summed E-state index contributed by atoms with van der Waals surface area (Å²) in [6.45, 7) is 7.94. The number of rotatable bonds is 6. The van der Waals surface area contributed by atoms with E-state index in [0.29, 0.717) is 19.8 Å². The zero-order chi connectivity index (χ0) is 8.74. The van der Waals surface area contributed by atoms with Gasteiger partial charge in [0.05, 0.1) is 0 Å². The standard InChI is InChI=1S/3C2H5O.CH3.Re/c3*1-2-3;;/h3*2H2,1H3;1H3;/q3*-1;;+3. The third-order valence-electron chi connectivity index (χ3n) is 0.922. The van der Waals surface area contributed by atoms with Gasteiger partial charge in [-0.3, -0.25) is 0 Å². The van der Waals surface area contributed by atoms with Gasteiger partial charge in [0.1, 0.15) is 0 Å². The number of hydrogen-bond acceptors (Lipinski definition) is 3. The Bertz CT molecular complexity index is 80.7. The molecule has 0 radical (unpaired) electrons. The molecule has 0 unspecified atom stereocenters. The molecule has 0 rings (SSSR count). The normalized spacial score (nSPS) is 13.5. The summed E-state index contributed by atoms with van der Waals surface area (Å²) in [5.74, 6) is 0. The Balaban J connectivity index is 3.79. The second kappa shape index (κ2) is 6.10. The third kappa shape index (κ3) is 4.89. The van der Waals surface area contributed by atoms with Gasteiger partial charge in [0.2, 0.25) is 0 Å². The van der Waals surface area contributed by atoms with E-state index < -0.39 is 16.7 Å². The van der Waals surface area contributed by atoms with Crippen molar-refractivity contribution in [2.24, 2.45) is 0 Å². The van der Waals surface area contributed by atoms with E-state index in [0.717, 1.165) is 0 Å². The SMILES string of the molecule is CC[O][Re]([CH3])([O]CC)[O]CC. The maximum atomic E-state index is 5.47. The number of hydrogen-bond donors (Lipinski definition) is 0. The monoisotopic (exact) mass is 337 g/mol. The zero-order valence-electron chi connectivity index (χ0n) is 7.72. The van der Waals surface area contributed by atoms with Crippen molar-refractivity contribution in [3.63, 3.8) is 0 Å². The molecular weight excluding hydrogens is 318 g/mol. The second-order valence-corrected chi connectivity index (χ2v) is 8.88. The minimum absolute atomic E-state index is 0.683. The molecule has 0 spiro atoms. The Hall–Kier alpha value is 0.542. The van der Waals surface area contributed by atoms with E-state index in [1.807, 2.05) is 26.2 Å². The van der Waals surface area contributed by atoms with Crippen molar-refractivity contribution in [1.82, 2.24) is 0 Å². The average molecular weight is 336 g/mol. The molecule has 0 saturated heterocycles. The molecule has 0 atom stereocenters. The molecule has 0 saturated carbocycles.